The van der Waals surface area contributed by atoms with Crippen LogP contribution in [0.4, 0.5) is 13.2 Å². The molecule has 0 bridgehead atoms. The summed E-state index contributed by atoms with van der Waals surface area (Å²) < 4.78 is 40.3. The summed E-state index contributed by atoms with van der Waals surface area (Å²) in [5.41, 5.74) is 0.184. The van der Waals surface area contributed by atoms with Crippen molar-refractivity contribution in [2.45, 2.75) is 12.8 Å². The Morgan fingerprint density at radius 2 is 2.11 bits per heavy atom. The van der Waals surface area contributed by atoms with Gasteiger partial charge >= 0.3 is 6.36 Å². The minimum Gasteiger partial charge on any atom is -0.508 e. The Hall–Kier alpha value is -1.69. The summed E-state index contributed by atoms with van der Waals surface area (Å²) in [7, 11) is 1.78. The lowest BCUT2D eigenvalue weighted by atomic mass is 10.1. The number of benzene rings is 1. The molecule has 0 aliphatic carbocycles. The first-order valence-corrected chi connectivity index (χ1v) is 5.32. The van der Waals surface area contributed by atoms with Crippen LogP contribution in [-0.4, -0.2) is 25.1 Å². The number of aromatic hydroxyl groups is 1. The Labute approximate surface area is 103 Å². The van der Waals surface area contributed by atoms with Gasteiger partial charge in [0.2, 0.25) is 0 Å². The molecule has 0 spiro atoms. The van der Waals surface area contributed by atoms with Gasteiger partial charge in [0, 0.05) is 5.56 Å². The molecular formula is C12H14F3NO2. The molecule has 1 aromatic carbocycles. The predicted molar refractivity (Wildman–Crippen MR) is 62.4 cm³/mol. The molecule has 3 nitrogen and oxygen atoms in total. The van der Waals surface area contributed by atoms with Gasteiger partial charge in [-0.15, -0.1) is 13.2 Å². The second-order valence-electron chi connectivity index (χ2n) is 3.56. The number of alkyl halides is 3. The third kappa shape index (κ3) is 5.09. The highest BCUT2D eigenvalue weighted by Gasteiger charge is 2.31. The standard InChI is InChI=1S/C12H14F3NO2/c1-16-7-3-2-4-9-8-10(17)5-6-11(9)18-12(13,14)15/h2,4-6,8,16-17H,3,7H2,1H3. The minimum atomic E-state index is -4.75. The monoisotopic (exact) mass is 261 g/mol. The number of nitrogens with one attached hydrogen (secondary N) is 1. The van der Waals surface area contributed by atoms with E-state index in [1.54, 1.807) is 13.1 Å². The van der Waals surface area contributed by atoms with E-state index in [0.29, 0.717) is 13.0 Å². The smallest absolute Gasteiger partial charge is 0.508 e. The Kier molecular flexibility index (Phi) is 5.03. The van der Waals surface area contributed by atoms with Gasteiger partial charge in [0.15, 0.2) is 0 Å². The molecule has 1 aromatic rings. The summed E-state index contributed by atoms with van der Waals surface area (Å²) >= 11 is 0. The van der Waals surface area contributed by atoms with E-state index in [2.05, 4.69) is 10.1 Å². The molecular weight excluding hydrogens is 247 g/mol. The largest absolute Gasteiger partial charge is 0.573 e. The molecule has 0 radical (unpaired) electrons. The molecule has 0 aliphatic heterocycles. The van der Waals surface area contributed by atoms with Gasteiger partial charge in [-0.25, -0.2) is 0 Å². The van der Waals surface area contributed by atoms with E-state index in [9.17, 15) is 18.3 Å². The zero-order chi connectivity index (χ0) is 13.6. The molecule has 0 amide bonds. The Balaban J connectivity index is 2.86. The van der Waals surface area contributed by atoms with Crippen molar-refractivity contribution in [3.63, 3.8) is 0 Å². The first-order chi connectivity index (χ1) is 8.42. The number of halogens is 3. The van der Waals surface area contributed by atoms with Crippen LogP contribution < -0.4 is 10.1 Å². The molecule has 0 aliphatic rings. The molecule has 0 saturated heterocycles. The Bertz CT molecular complexity index is 416. The molecule has 0 unspecified atom stereocenters. The lowest BCUT2D eigenvalue weighted by Gasteiger charge is -2.11. The molecule has 0 fully saturated rings. The second-order valence-corrected chi connectivity index (χ2v) is 3.56. The van der Waals surface area contributed by atoms with E-state index in [1.807, 2.05) is 0 Å². The van der Waals surface area contributed by atoms with Crippen LogP contribution in [0.3, 0.4) is 0 Å². The highest BCUT2D eigenvalue weighted by molar-refractivity contribution is 5.59. The number of phenols is 1. The zero-order valence-corrected chi connectivity index (χ0v) is 9.79. The third-order valence-corrected chi connectivity index (χ3v) is 2.08. The van der Waals surface area contributed by atoms with E-state index >= 15 is 0 Å². The quantitative estimate of drug-likeness (QED) is 0.801. The number of ether oxygens (including phenoxy) is 1. The molecule has 0 saturated carbocycles. The van der Waals surface area contributed by atoms with Crippen LogP contribution >= 0.6 is 0 Å². The summed E-state index contributed by atoms with van der Waals surface area (Å²) in [4.78, 5) is 0. The van der Waals surface area contributed by atoms with Gasteiger partial charge in [0.25, 0.3) is 0 Å². The van der Waals surface area contributed by atoms with Crippen LogP contribution in [0, 0.1) is 0 Å². The maximum atomic E-state index is 12.1. The van der Waals surface area contributed by atoms with Gasteiger partial charge in [0.1, 0.15) is 11.5 Å². The summed E-state index contributed by atoms with van der Waals surface area (Å²) in [6.45, 7) is 0.713. The summed E-state index contributed by atoms with van der Waals surface area (Å²) in [5, 5.41) is 12.2. The first kappa shape index (κ1) is 14.4. The average Bonchev–Trinajstić information content (AvgIpc) is 2.26. The first-order valence-electron chi connectivity index (χ1n) is 5.32. The highest BCUT2D eigenvalue weighted by atomic mass is 19.4. The van der Waals surface area contributed by atoms with E-state index in [4.69, 9.17) is 0 Å². The molecule has 6 heteroatoms. The van der Waals surface area contributed by atoms with Crippen molar-refractivity contribution in [2.75, 3.05) is 13.6 Å². The van der Waals surface area contributed by atoms with Crippen LogP contribution in [0.15, 0.2) is 24.3 Å². The van der Waals surface area contributed by atoms with Crippen molar-refractivity contribution in [3.05, 3.63) is 29.8 Å². The maximum Gasteiger partial charge on any atom is 0.573 e. The average molecular weight is 261 g/mol. The van der Waals surface area contributed by atoms with Gasteiger partial charge in [-0.05, 0) is 38.2 Å². The fourth-order valence-electron chi connectivity index (χ4n) is 1.32. The molecule has 1 rings (SSSR count). The van der Waals surface area contributed by atoms with Gasteiger partial charge in [-0.2, -0.15) is 0 Å². The third-order valence-electron chi connectivity index (χ3n) is 2.08. The number of rotatable bonds is 5. The van der Waals surface area contributed by atoms with E-state index in [1.165, 1.54) is 12.1 Å². The zero-order valence-electron chi connectivity index (χ0n) is 9.79. The number of hydrogen-bond donors (Lipinski definition) is 2. The molecule has 18 heavy (non-hydrogen) atoms. The molecule has 100 valence electrons. The fraction of sp³-hybridized carbons (Fsp3) is 0.333. The van der Waals surface area contributed by atoms with Crippen molar-refractivity contribution in [1.29, 1.82) is 0 Å². The predicted octanol–water partition coefficient (Wildman–Crippen LogP) is 2.91. The van der Waals surface area contributed by atoms with Crippen molar-refractivity contribution in [2.24, 2.45) is 0 Å². The Morgan fingerprint density at radius 3 is 2.72 bits per heavy atom. The summed E-state index contributed by atoms with van der Waals surface area (Å²) in [6, 6.07) is 3.45. The number of hydrogen-bond acceptors (Lipinski definition) is 3. The fourth-order valence-corrected chi connectivity index (χ4v) is 1.32. The maximum absolute atomic E-state index is 12.1. The Morgan fingerprint density at radius 1 is 1.39 bits per heavy atom. The second kappa shape index (κ2) is 6.30. The molecule has 0 heterocycles. The van der Waals surface area contributed by atoms with Crippen LogP contribution in [0.1, 0.15) is 12.0 Å². The SMILES string of the molecule is CNCCC=Cc1cc(O)ccc1OC(F)(F)F. The van der Waals surface area contributed by atoms with Crippen molar-refractivity contribution < 1.29 is 23.0 Å². The summed E-state index contributed by atoms with van der Waals surface area (Å²) in [5.74, 6) is -0.446. The van der Waals surface area contributed by atoms with Crippen LogP contribution in [0.5, 0.6) is 11.5 Å². The summed E-state index contributed by atoms with van der Waals surface area (Å²) in [6.07, 6.45) is -0.894. The normalized spacial score (nSPS) is 12.0. The molecule has 0 aromatic heterocycles. The van der Waals surface area contributed by atoms with Crippen molar-refractivity contribution in [1.82, 2.24) is 5.32 Å². The van der Waals surface area contributed by atoms with Gasteiger partial charge < -0.3 is 15.2 Å². The minimum absolute atomic E-state index is 0.113. The lowest BCUT2D eigenvalue weighted by molar-refractivity contribution is -0.274. The topological polar surface area (TPSA) is 41.5 Å². The molecule has 0 atom stereocenters. The van der Waals surface area contributed by atoms with E-state index in [-0.39, 0.29) is 17.1 Å². The van der Waals surface area contributed by atoms with Crippen LogP contribution in [-0.2, 0) is 0 Å². The number of phenolic OH excluding ortho intramolecular Hbond substituents is 1. The van der Waals surface area contributed by atoms with Crippen LogP contribution in [0.25, 0.3) is 6.08 Å². The van der Waals surface area contributed by atoms with Gasteiger partial charge in [-0.1, -0.05) is 12.2 Å². The molecule has 2 N–H and O–H groups in total. The van der Waals surface area contributed by atoms with Gasteiger partial charge in [-0.3, -0.25) is 0 Å². The van der Waals surface area contributed by atoms with Gasteiger partial charge in [0.05, 0.1) is 0 Å². The van der Waals surface area contributed by atoms with E-state index in [0.717, 1.165) is 12.1 Å². The van der Waals surface area contributed by atoms with Crippen LogP contribution in [0.2, 0.25) is 0 Å². The highest BCUT2D eigenvalue weighted by Crippen LogP contribution is 2.29. The lowest BCUT2D eigenvalue weighted by Crippen LogP contribution is -2.17. The van der Waals surface area contributed by atoms with Crippen molar-refractivity contribution in [3.8, 4) is 11.5 Å². The van der Waals surface area contributed by atoms with Crippen molar-refractivity contribution >= 4 is 6.08 Å². The van der Waals surface area contributed by atoms with E-state index < -0.39 is 6.36 Å².